The molecule has 1 unspecified atom stereocenters. The van der Waals surface area contributed by atoms with Crippen LogP contribution in [0.15, 0.2) is 16.6 Å². The SMILES string of the molecule is Cc1c(Br)ccc2c1C(I)CCO2. The third-order valence-electron chi connectivity index (χ3n) is 2.35. The summed E-state index contributed by atoms with van der Waals surface area (Å²) >= 11 is 6.03. The van der Waals surface area contributed by atoms with Crippen LogP contribution in [0, 0.1) is 6.92 Å². The maximum absolute atomic E-state index is 5.60. The Balaban J connectivity index is 2.58. The summed E-state index contributed by atoms with van der Waals surface area (Å²) in [6.07, 6.45) is 1.12. The molecule has 13 heavy (non-hydrogen) atoms. The van der Waals surface area contributed by atoms with E-state index in [9.17, 15) is 0 Å². The molecule has 1 aliphatic heterocycles. The summed E-state index contributed by atoms with van der Waals surface area (Å²) in [5, 5.41) is 0. The second-order valence-electron chi connectivity index (χ2n) is 3.19. The summed E-state index contributed by atoms with van der Waals surface area (Å²) in [6, 6.07) is 4.11. The van der Waals surface area contributed by atoms with Crippen LogP contribution >= 0.6 is 38.5 Å². The van der Waals surface area contributed by atoms with Gasteiger partial charge in [-0.25, -0.2) is 0 Å². The number of benzene rings is 1. The fourth-order valence-electron chi connectivity index (χ4n) is 1.61. The first-order valence-corrected chi connectivity index (χ1v) is 6.30. The topological polar surface area (TPSA) is 9.23 Å². The van der Waals surface area contributed by atoms with Gasteiger partial charge in [-0.05, 0) is 31.0 Å². The van der Waals surface area contributed by atoms with Crippen LogP contribution in [0.2, 0.25) is 0 Å². The number of ether oxygens (including phenoxy) is 1. The van der Waals surface area contributed by atoms with E-state index in [-0.39, 0.29) is 0 Å². The van der Waals surface area contributed by atoms with Crippen LogP contribution in [0.4, 0.5) is 0 Å². The zero-order valence-electron chi connectivity index (χ0n) is 7.31. The van der Waals surface area contributed by atoms with E-state index in [4.69, 9.17) is 4.74 Å². The summed E-state index contributed by atoms with van der Waals surface area (Å²) in [4.78, 5) is 0. The molecular weight excluding hydrogens is 343 g/mol. The molecule has 0 aromatic heterocycles. The fraction of sp³-hybridized carbons (Fsp3) is 0.400. The van der Waals surface area contributed by atoms with Crippen molar-refractivity contribution in [3.8, 4) is 5.75 Å². The molecular formula is C10H10BrIO. The summed E-state index contributed by atoms with van der Waals surface area (Å²) < 4.78 is 7.38. The van der Waals surface area contributed by atoms with Crippen LogP contribution in [-0.2, 0) is 0 Å². The Morgan fingerprint density at radius 2 is 2.31 bits per heavy atom. The molecule has 1 nitrogen and oxygen atoms in total. The zero-order chi connectivity index (χ0) is 9.42. The molecule has 0 N–H and O–H groups in total. The smallest absolute Gasteiger partial charge is 0.123 e. The molecule has 0 bridgehead atoms. The zero-order valence-corrected chi connectivity index (χ0v) is 11.1. The number of fused-ring (bicyclic) bond motifs is 1. The van der Waals surface area contributed by atoms with Gasteiger partial charge >= 0.3 is 0 Å². The van der Waals surface area contributed by atoms with Crippen molar-refractivity contribution in [2.24, 2.45) is 0 Å². The van der Waals surface area contributed by atoms with E-state index in [1.54, 1.807) is 0 Å². The Bertz CT molecular complexity index is 338. The highest BCUT2D eigenvalue weighted by atomic mass is 127. The minimum Gasteiger partial charge on any atom is -0.493 e. The second-order valence-corrected chi connectivity index (χ2v) is 5.55. The van der Waals surface area contributed by atoms with Crippen molar-refractivity contribution in [1.29, 1.82) is 0 Å². The number of alkyl halides is 1. The van der Waals surface area contributed by atoms with E-state index in [1.165, 1.54) is 15.6 Å². The van der Waals surface area contributed by atoms with Crippen LogP contribution < -0.4 is 4.74 Å². The van der Waals surface area contributed by atoms with E-state index in [1.807, 2.05) is 0 Å². The number of hydrogen-bond donors (Lipinski definition) is 0. The third-order valence-corrected chi connectivity index (χ3v) is 4.46. The van der Waals surface area contributed by atoms with Gasteiger partial charge in [-0.1, -0.05) is 38.5 Å². The average molecular weight is 353 g/mol. The lowest BCUT2D eigenvalue weighted by Gasteiger charge is -2.24. The van der Waals surface area contributed by atoms with Crippen molar-refractivity contribution in [3.05, 3.63) is 27.7 Å². The van der Waals surface area contributed by atoms with Gasteiger partial charge in [0.25, 0.3) is 0 Å². The van der Waals surface area contributed by atoms with Crippen molar-refractivity contribution < 1.29 is 4.74 Å². The van der Waals surface area contributed by atoms with Crippen LogP contribution in [0.25, 0.3) is 0 Å². The highest BCUT2D eigenvalue weighted by molar-refractivity contribution is 14.1. The molecule has 0 fully saturated rings. The Morgan fingerprint density at radius 1 is 1.54 bits per heavy atom. The Kier molecular flexibility index (Phi) is 2.83. The van der Waals surface area contributed by atoms with Crippen molar-refractivity contribution in [1.82, 2.24) is 0 Å². The summed E-state index contributed by atoms with van der Waals surface area (Å²) in [5.74, 6) is 1.06. The fourth-order valence-corrected chi connectivity index (χ4v) is 2.98. The van der Waals surface area contributed by atoms with Crippen LogP contribution in [0.5, 0.6) is 5.75 Å². The molecule has 1 aliphatic rings. The number of halogens is 2. The minimum atomic E-state index is 0.596. The lowest BCUT2D eigenvalue weighted by Crippen LogP contribution is -2.11. The Labute approximate surface area is 100 Å². The van der Waals surface area contributed by atoms with E-state index in [0.717, 1.165) is 18.8 Å². The largest absolute Gasteiger partial charge is 0.493 e. The van der Waals surface area contributed by atoms with Crippen LogP contribution in [0.3, 0.4) is 0 Å². The first-order chi connectivity index (χ1) is 6.20. The average Bonchev–Trinajstić information content (AvgIpc) is 2.12. The van der Waals surface area contributed by atoms with E-state index in [0.29, 0.717) is 3.92 Å². The minimum absolute atomic E-state index is 0.596. The van der Waals surface area contributed by atoms with Gasteiger partial charge in [-0.2, -0.15) is 0 Å². The highest BCUT2D eigenvalue weighted by Crippen LogP contribution is 2.42. The first-order valence-electron chi connectivity index (χ1n) is 4.26. The third kappa shape index (κ3) is 1.73. The van der Waals surface area contributed by atoms with E-state index in [2.05, 4.69) is 57.6 Å². The lowest BCUT2D eigenvalue weighted by atomic mass is 10.0. The summed E-state index contributed by atoms with van der Waals surface area (Å²) in [6.45, 7) is 2.99. The monoisotopic (exact) mass is 352 g/mol. The molecule has 1 atom stereocenters. The van der Waals surface area contributed by atoms with Crippen molar-refractivity contribution in [2.75, 3.05) is 6.61 Å². The van der Waals surface area contributed by atoms with Gasteiger partial charge < -0.3 is 4.74 Å². The Hall–Kier alpha value is 0.230. The predicted molar refractivity (Wildman–Crippen MR) is 65.8 cm³/mol. The predicted octanol–water partition coefficient (Wildman–Crippen LogP) is 4.02. The normalized spacial score (nSPS) is 20.7. The maximum atomic E-state index is 5.60. The number of hydrogen-bond acceptors (Lipinski definition) is 1. The number of rotatable bonds is 0. The summed E-state index contributed by atoms with van der Waals surface area (Å²) in [5.41, 5.74) is 2.68. The summed E-state index contributed by atoms with van der Waals surface area (Å²) in [7, 11) is 0. The van der Waals surface area contributed by atoms with Crippen molar-refractivity contribution >= 4 is 38.5 Å². The van der Waals surface area contributed by atoms with Gasteiger partial charge in [0, 0.05) is 14.0 Å². The van der Waals surface area contributed by atoms with Crippen molar-refractivity contribution in [2.45, 2.75) is 17.3 Å². The quantitative estimate of drug-likeness (QED) is 0.506. The molecule has 3 heteroatoms. The van der Waals surface area contributed by atoms with Crippen molar-refractivity contribution in [3.63, 3.8) is 0 Å². The Morgan fingerprint density at radius 3 is 3.08 bits per heavy atom. The molecule has 0 saturated carbocycles. The van der Waals surface area contributed by atoms with Crippen LogP contribution in [0.1, 0.15) is 21.5 Å². The van der Waals surface area contributed by atoms with E-state index < -0.39 is 0 Å². The first kappa shape index (κ1) is 9.77. The van der Waals surface area contributed by atoms with Gasteiger partial charge in [-0.15, -0.1) is 0 Å². The molecule has 1 aromatic carbocycles. The van der Waals surface area contributed by atoms with Gasteiger partial charge in [0.05, 0.1) is 6.61 Å². The molecule has 0 radical (unpaired) electrons. The van der Waals surface area contributed by atoms with E-state index >= 15 is 0 Å². The lowest BCUT2D eigenvalue weighted by molar-refractivity contribution is 0.288. The molecule has 1 aromatic rings. The maximum Gasteiger partial charge on any atom is 0.123 e. The van der Waals surface area contributed by atoms with Gasteiger partial charge in [0.2, 0.25) is 0 Å². The molecule has 0 saturated heterocycles. The molecule has 2 rings (SSSR count). The van der Waals surface area contributed by atoms with Gasteiger partial charge in [0.1, 0.15) is 5.75 Å². The second kappa shape index (κ2) is 3.77. The standard InChI is InChI=1S/C10H10BrIO/c1-6-7(11)2-3-9-10(6)8(12)4-5-13-9/h2-3,8H,4-5H2,1H3. The molecule has 1 heterocycles. The molecule has 0 aliphatic carbocycles. The highest BCUT2D eigenvalue weighted by Gasteiger charge is 2.21. The van der Waals surface area contributed by atoms with Crippen LogP contribution in [-0.4, -0.2) is 6.61 Å². The molecule has 0 amide bonds. The van der Waals surface area contributed by atoms with Gasteiger partial charge in [-0.3, -0.25) is 0 Å². The molecule has 70 valence electrons. The molecule has 0 spiro atoms. The van der Waals surface area contributed by atoms with Gasteiger partial charge in [0.15, 0.2) is 0 Å².